The Labute approximate surface area is 178 Å². The van der Waals surface area contributed by atoms with Gasteiger partial charge in [-0.2, -0.15) is 0 Å². The summed E-state index contributed by atoms with van der Waals surface area (Å²) in [6, 6.07) is 13.7. The maximum absolute atomic E-state index is 12.7. The van der Waals surface area contributed by atoms with Crippen molar-refractivity contribution in [3.8, 4) is 0 Å². The summed E-state index contributed by atoms with van der Waals surface area (Å²) in [5.41, 5.74) is 1.96. The number of likely N-dealkylation sites (tertiary alicyclic amines) is 1. The largest absolute Gasteiger partial charge is 0.460 e. The maximum Gasteiger partial charge on any atom is 0.323 e. The molecule has 4 rings (SSSR count). The molecule has 0 radical (unpaired) electrons. The summed E-state index contributed by atoms with van der Waals surface area (Å²) >= 11 is 0. The zero-order chi connectivity index (χ0) is 20.6. The Morgan fingerprint density at radius 3 is 2.70 bits per heavy atom. The van der Waals surface area contributed by atoms with Crippen molar-refractivity contribution in [2.45, 2.75) is 31.9 Å². The highest BCUT2D eigenvalue weighted by molar-refractivity contribution is 5.76. The minimum absolute atomic E-state index is 0.138. The molecule has 1 aromatic carbocycles. The van der Waals surface area contributed by atoms with E-state index in [1.807, 2.05) is 48.7 Å². The number of anilines is 2. The Morgan fingerprint density at radius 2 is 1.93 bits per heavy atom. The van der Waals surface area contributed by atoms with Crippen molar-refractivity contribution >= 4 is 17.5 Å². The van der Waals surface area contributed by atoms with Crippen LogP contribution in [0.2, 0.25) is 0 Å². The molecule has 3 heterocycles. The molecule has 0 aliphatic carbocycles. The number of benzene rings is 1. The molecule has 2 fully saturated rings. The van der Waals surface area contributed by atoms with Crippen LogP contribution in [0.4, 0.5) is 11.5 Å². The molecule has 0 unspecified atom stereocenters. The van der Waals surface area contributed by atoms with E-state index in [1.54, 1.807) is 0 Å². The van der Waals surface area contributed by atoms with Crippen molar-refractivity contribution in [3.05, 3.63) is 54.2 Å². The number of piperidine rings is 1. The van der Waals surface area contributed by atoms with Gasteiger partial charge in [-0.1, -0.05) is 36.8 Å². The average molecular weight is 411 g/mol. The summed E-state index contributed by atoms with van der Waals surface area (Å²) in [5, 5.41) is 3.42. The average Bonchev–Trinajstić information content (AvgIpc) is 2.83. The standard InChI is InChI=1S/C23H30N4O3/c28-23(30-17-19-6-2-1-3-7-19)21-8-4-5-11-27(21)18-25-20-9-10-22(24-16-20)26-12-14-29-15-13-26/h1-3,6-7,9-10,16,21,25H,4-5,8,11-15,17-18H2/t21-/m0/s1. The van der Waals surface area contributed by atoms with Gasteiger partial charge in [0.05, 0.1) is 31.8 Å². The number of pyridine rings is 1. The van der Waals surface area contributed by atoms with Crippen LogP contribution in [0.15, 0.2) is 48.7 Å². The van der Waals surface area contributed by atoms with Gasteiger partial charge in [0.1, 0.15) is 18.5 Å². The molecular weight excluding hydrogens is 380 g/mol. The highest BCUT2D eigenvalue weighted by atomic mass is 16.5. The third-order valence-electron chi connectivity index (χ3n) is 5.68. The van der Waals surface area contributed by atoms with Crippen LogP contribution in [0.5, 0.6) is 0 Å². The number of aromatic nitrogens is 1. The van der Waals surface area contributed by atoms with Gasteiger partial charge in [0, 0.05) is 19.6 Å². The Kier molecular flexibility index (Phi) is 7.16. The van der Waals surface area contributed by atoms with Crippen LogP contribution in [0, 0.1) is 0 Å². The molecule has 2 saturated heterocycles. The number of esters is 1. The normalized spacial score (nSPS) is 20.0. The second kappa shape index (κ2) is 10.4. The summed E-state index contributed by atoms with van der Waals surface area (Å²) in [7, 11) is 0. The fourth-order valence-corrected chi connectivity index (χ4v) is 3.94. The Bertz CT molecular complexity index is 794. The fourth-order valence-electron chi connectivity index (χ4n) is 3.94. The summed E-state index contributed by atoms with van der Waals surface area (Å²) in [6.45, 7) is 5.06. The third kappa shape index (κ3) is 5.49. The fraction of sp³-hybridized carbons (Fsp3) is 0.478. The highest BCUT2D eigenvalue weighted by Gasteiger charge is 2.29. The lowest BCUT2D eigenvalue weighted by atomic mass is 10.0. The molecular formula is C23H30N4O3. The third-order valence-corrected chi connectivity index (χ3v) is 5.68. The number of carbonyl (C=O) groups is 1. The van der Waals surface area contributed by atoms with Crippen molar-refractivity contribution in [1.82, 2.24) is 9.88 Å². The van der Waals surface area contributed by atoms with Gasteiger partial charge in [-0.25, -0.2) is 4.98 Å². The zero-order valence-corrected chi connectivity index (χ0v) is 17.3. The van der Waals surface area contributed by atoms with Crippen LogP contribution in [0.1, 0.15) is 24.8 Å². The molecule has 30 heavy (non-hydrogen) atoms. The van der Waals surface area contributed by atoms with Crippen molar-refractivity contribution in [2.75, 3.05) is 49.7 Å². The topological polar surface area (TPSA) is 66.9 Å². The van der Waals surface area contributed by atoms with Gasteiger partial charge in [-0.15, -0.1) is 0 Å². The molecule has 7 heteroatoms. The van der Waals surface area contributed by atoms with E-state index in [-0.39, 0.29) is 12.0 Å². The van der Waals surface area contributed by atoms with E-state index >= 15 is 0 Å². The number of rotatable bonds is 7. The molecule has 2 aromatic rings. The number of carbonyl (C=O) groups excluding carboxylic acids is 1. The smallest absolute Gasteiger partial charge is 0.323 e. The van der Waals surface area contributed by atoms with Crippen LogP contribution in [0.3, 0.4) is 0 Å². The Balaban J connectivity index is 1.29. The van der Waals surface area contributed by atoms with E-state index in [9.17, 15) is 4.79 Å². The van der Waals surface area contributed by atoms with E-state index in [0.717, 1.165) is 69.2 Å². The number of hydrogen-bond donors (Lipinski definition) is 1. The second-order valence-corrected chi connectivity index (χ2v) is 7.76. The van der Waals surface area contributed by atoms with Crippen molar-refractivity contribution < 1.29 is 14.3 Å². The molecule has 1 aromatic heterocycles. The number of hydrogen-bond acceptors (Lipinski definition) is 7. The minimum atomic E-state index is -0.199. The van der Waals surface area contributed by atoms with Gasteiger partial charge in [-0.3, -0.25) is 9.69 Å². The van der Waals surface area contributed by atoms with Crippen LogP contribution >= 0.6 is 0 Å². The molecule has 7 nitrogen and oxygen atoms in total. The van der Waals surface area contributed by atoms with Crippen molar-refractivity contribution in [2.24, 2.45) is 0 Å². The maximum atomic E-state index is 12.7. The first-order valence-corrected chi connectivity index (χ1v) is 10.8. The minimum Gasteiger partial charge on any atom is -0.460 e. The lowest BCUT2D eigenvalue weighted by molar-refractivity contribution is -0.152. The lowest BCUT2D eigenvalue weighted by Gasteiger charge is -2.34. The number of morpholine rings is 1. The second-order valence-electron chi connectivity index (χ2n) is 7.76. The van der Waals surface area contributed by atoms with Gasteiger partial charge < -0.3 is 19.7 Å². The number of nitrogens with one attached hydrogen (secondary N) is 1. The van der Waals surface area contributed by atoms with Gasteiger partial charge >= 0.3 is 5.97 Å². The van der Waals surface area contributed by atoms with E-state index < -0.39 is 0 Å². The quantitative estimate of drug-likeness (QED) is 0.704. The van der Waals surface area contributed by atoms with Gasteiger partial charge in [-0.05, 0) is 30.5 Å². The van der Waals surface area contributed by atoms with Crippen molar-refractivity contribution in [3.63, 3.8) is 0 Å². The molecule has 0 spiro atoms. The molecule has 2 aliphatic rings. The van der Waals surface area contributed by atoms with Crippen LogP contribution in [0.25, 0.3) is 0 Å². The summed E-state index contributed by atoms with van der Waals surface area (Å²) in [6.07, 6.45) is 4.84. The predicted molar refractivity (Wildman–Crippen MR) is 116 cm³/mol. The first-order valence-electron chi connectivity index (χ1n) is 10.8. The summed E-state index contributed by atoms with van der Waals surface area (Å²) < 4.78 is 11.0. The van der Waals surface area contributed by atoms with E-state index in [2.05, 4.69) is 20.1 Å². The lowest BCUT2D eigenvalue weighted by Crippen LogP contribution is -2.47. The monoisotopic (exact) mass is 410 g/mol. The van der Waals surface area contributed by atoms with Gasteiger partial charge in [0.15, 0.2) is 0 Å². The molecule has 2 aliphatic heterocycles. The molecule has 1 N–H and O–H groups in total. The molecule has 1 atom stereocenters. The number of nitrogens with zero attached hydrogens (tertiary/aromatic N) is 3. The first-order chi connectivity index (χ1) is 14.8. The Hall–Kier alpha value is -2.64. The summed E-state index contributed by atoms with van der Waals surface area (Å²) in [4.78, 5) is 21.7. The zero-order valence-electron chi connectivity index (χ0n) is 17.3. The van der Waals surface area contributed by atoms with E-state index in [0.29, 0.717) is 13.3 Å². The molecule has 0 amide bonds. The van der Waals surface area contributed by atoms with Crippen LogP contribution < -0.4 is 10.2 Å². The SMILES string of the molecule is O=C(OCc1ccccc1)[C@@H]1CCCCN1CNc1ccc(N2CCOCC2)nc1. The highest BCUT2D eigenvalue weighted by Crippen LogP contribution is 2.20. The van der Waals surface area contributed by atoms with Gasteiger partial charge in [0.25, 0.3) is 0 Å². The van der Waals surface area contributed by atoms with E-state index in [4.69, 9.17) is 9.47 Å². The summed E-state index contributed by atoms with van der Waals surface area (Å²) in [5.74, 6) is 0.838. The molecule has 160 valence electrons. The molecule has 0 bridgehead atoms. The van der Waals surface area contributed by atoms with Crippen LogP contribution in [-0.2, 0) is 20.9 Å². The predicted octanol–water partition coefficient (Wildman–Crippen LogP) is 2.89. The van der Waals surface area contributed by atoms with Crippen LogP contribution in [-0.4, -0.2) is 61.4 Å². The number of ether oxygens (including phenoxy) is 2. The first kappa shape index (κ1) is 20.6. The van der Waals surface area contributed by atoms with E-state index in [1.165, 1.54) is 0 Å². The van der Waals surface area contributed by atoms with Crippen molar-refractivity contribution in [1.29, 1.82) is 0 Å². The molecule has 0 saturated carbocycles. The Morgan fingerprint density at radius 1 is 1.10 bits per heavy atom. The van der Waals surface area contributed by atoms with Gasteiger partial charge in [0.2, 0.25) is 0 Å².